The summed E-state index contributed by atoms with van der Waals surface area (Å²) in [5.74, 6) is 4.13. The second-order valence-electron chi connectivity index (χ2n) is 8.13. The molecular formula is C25H22. The van der Waals surface area contributed by atoms with Gasteiger partial charge in [0, 0.05) is 11.8 Å². The highest BCUT2D eigenvalue weighted by Crippen LogP contribution is 2.60. The Hall–Kier alpha value is -2.34. The average Bonchev–Trinajstić information content (AvgIpc) is 3.42. The third-order valence-corrected chi connectivity index (χ3v) is 7.09. The van der Waals surface area contributed by atoms with Crippen molar-refractivity contribution >= 4 is 12.2 Å². The lowest BCUT2D eigenvalue weighted by molar-refractivity contribution is 0.265. The molecule has 1 saturated carbocycles. The summed E-state index contributed by atoms with van der Waals surface area (Å²) in [5.41, 5.74) is 5.96. The lowest BCUT2D eigenvalue weighted by atomic mass is 9.67. The van der Waals surface area contributed by atoms with Crippen molar-refractivity contribution in [1.82, 2.24) is 0 Å². The fourth-order valence-corrected chi connectivity index (χ4v) is 6.14. The summed E-state index contributed by atoms with van der Waals surface area (Å²) < 4.78 is 0. The van der Waals surface area contributed by atoms with E-state index in [0.717, 1.165) is 23.7 Å². The number of benzene rings is 2. The molecule has 6 atom stereocenters. The first-order valence-corrected chi connectivity index (χ1v) is 9.63. The van der Waals surface area contributed by atoms with E-state index in [2.05, 4.69) is 85.0 Å². The first-order chi connectivity index (χ1) is 12.4. The zero-order valence-corrected chi connectivity index (χ0v) is 14.3. The Morgan fingerprint density at radius 2 is 1.04 bits per heavy atom. The second-order valence-corrected chi connectivity index (χ2v) is 8.13. The lowest BCUT2D eigenvalue weighted by Gasteiger charge is -2.36. The quantitative estimate of drug-likeness (QED) is 0.591. The van der Waals surface area contributed by atoms with Crippen LogP contribution in [0.15, 0.2) is 72.8 Å². The minimum absolute atomic E-state index is 0.585. The molecule has 0 saturated heterocycles. The van der Waals surface area contributed by atoms with Crippen LogP contribution in [-0.2, 0) is 0 Å². The summed E-state index contributed by atoms with van der Waals surface area (Å²) in [7, 11) is 0. The predicted molar refractivity (Wildman–Crippen MR) is 104 cm³/mol. The topological polar surface area (TPSA) is 0 Å². The summed E-state index contributed by atoms with van der Waals surface area (Å²) in [6, 6.07) is 18.0. The van der Waals surface area contributed by atoms with Crippen molar-refractivity contribution < 1.29 is 0 Å². The minimum atomic E-state index is 0.585. The minimum Gasteiger partial charge on any atom is -0.0848 e. The summed E-state index contributed by atoms with van der Waals surface area (Å²) in [6.07, 6.45) is 16.1. The summed E-state index contributed by atoms with van der Waals surface area (Å²) >= 11 is 0. The molecule has 0 heteroatoms. The van der Waals surface area contributed by atoms with Gasteiger partial charge in [0.15, 0.2) is 0 Å². The Bertz CT molecular complexity index is 853. The third kappa shape index (κ3) is 1.88. The van der Waals surface area contributed by atoms with Crippen LogP contribution in [0.1, 0.15) is 40.5 Å². The molecule has 2 aromatic rings. The number of fused-ring (bicyclic) bond motifs is 4. The van der Waals surface area contributed by atoms with Crippen molar-refractivity contribution in [3.8, 4) is 0 Å². The van der Waals surface area contributed by atoms with Gasteiger partial charge in [-0.3, -0.25) is 0 Å². The molecule has 25 heavy (non-hydrogen) atoms. The SMILES string of the molecule is C1=CC([C@@H]2C3C=CC(C3)[C@H]2C2C=Cc3ccccc32)c2ccccc21. The van der Waals surface area contributed by atoms with Crippen LogP contribution in [0, 0.1) is 23.7 Å². The fourth-order valence-electron chi connectivity index (χ4n) is 6.14. The van der Waals surface area contributed by atoms with Crippen molar-refractivity contribution in [1.29, 1.82) is 0 Å². The van der Waals surface area contributed by atoms with Gasteiger partial charge in [-0.2, -0.15) is 0 Å². The maximum absolute atomic E-state index is 2.52. The van der Waals surface area contributed by atoms with E-state index in [0.29, 0.717) is 11.8 Å². The van der Waals surface area contributed by atoms with Crippen LogP contribution in [-0.4, -0.2) is 0 Å². The van der Waals surface area contributed by atoms with Crippen LogP contribution >= 0.6 is 0 Å². The van der Waals surface area contributed by atoms with E-state index in [1.807, 2.05) is 0 Å². The highest BCUT2D eigenvalue weighted by atomic mass is 14.5. The van der Waals surface area contributed by atoms with Gasteiger partial charge in [-0.25, -0.2) is 0 Å². The van der Waals surface area contributed by atoms with Gasteiger partial charge in [0.1, 0.15) is 0 Å². The fraction of sp³-hybridized carbons (Fsp3) is 0.280. The van der Waals surface area contributed by atoms with Crippen LogP contribution in [0.25, 0.3) is 12.2 Å². The Morgan fingerprint density at radius 1 is 0.560 bits per heavy atom. The smallest absolute Gasteiger partial charge is 0.00643 e. The first kappa shape index (κ1) is 13.9. The summed E-state index contributed by atoms with van der Waals surface area (Å²) in [6.45, 7) is 0. The first-order valence-electron chi connectivity index (χ1n) is 9.63. The summed E-state index contributed by atoms with van der Waals surface area (Å²) in [4.78, 5) is 0. The molecule has 0 N–H and O–H groups in total. The zero-order chi connectivity index (χ0) is 16.4. The maximum Gasteiger partial charge on any atom is 0.00643 e. The predicted octanol–water partition coefficient (Wildman–Crippen LogP) is 6.05. The molecule has 0 radical (unpaired) electrons. The number of hydrogen-bond acceptors (Lipinski definition) is 0. The van der Waals surface area contributed by atoms with Crippen molar-refractivity contribution in [2.24, 2.45) is 23.7 Å². The van der Waals surface area contributed by atoms with Crippen molar-refractivity contribution in [2.45, 2.75) is 18.3 Å². The molecule has 0 aromatic heterocycles. The third-order valence-electron chi connectivity index (χ3n) is 7.09. The van der Waals surface area contributed by atoms with E-state index in [9.17, 15) is 0 Å². The zero-order valence-electron chi connectivity index (χ0n) is 14.3. The van der Waals surface area contributed by atoms with Gasteiger partial charge in [-0.15, -0.1) is 0 Å². The normalized spacial score (nSPS) is 36.2. The molecule has 0 nitrogen and oxygen atoms in total. The van der Waals surface area contributed by atoms with E-state index in [1.165, 1.54) is 17.5 Å². The van der Waals surface area contributed by atoms with Gasteiger partial charge in [-0.05, 0) is 52.3 Å². The molecule has 0 spiro atoms. The van der Waals surface area contributed by atoms with Crippen molar-refractivity contribution in [3.63, 3.8) is 0 Å². The van der Waals surface area contributed by atoms with Crippen molar-refractivity contribution in [2.75, 3.05) is 0 Å². The van der Waals surface area contributed by atoms with Crippen LogP contribution in [0.5, 0.6) is 0 Å². The molecule has 0 aliphatic heterocycles. The van der Waals surface area contributed by atoms with Crippen LogP contribution in [0.4, 0.5) is 0 Å². The van der Waals surface area contributed by atoms with Crippen LogP contribution < -0.4 is 0 Å². The van der Waals surface area contributed by atoms with Crippen LogP contribution in [0.3, 0.4) is 0 Å². The molecule has 4 unspecified atom stereocenters. The van der Waals surface area contributed by atoms with E-state index in [4.69, 9.17) is 0 Å². The molecule has 6 rings (SSSR count). The Labute approximate surface area is 149 Å². The van der Waals surface area contributed by atoms with Crippen LogP contribution in [0.2, 0.25) is 0 Å². The molecule has 2 aromatic carbocycles. The molecule has 2 bridgehead atoms. The number of rotatable bonds is 2. The van der Waals surface area contributed by atoms with Gasteiger partial charge in [-0.1, -0.05) is 85.0 Å². The molecule has 4 aliphatic carbocycles. The Morgan fingerprint density at radius 3 is 1.56 bits per heavy atom. The van der Waals surface area contributed by atoms with E-state index in [1.54, 1.807) is 11.1 Å². The van der Waals surface area contributed by atoms with Gasteiger partial charge < -0.3 is 0 Å². The molecule has 0 heterocycles. The second kappa shape index (κ2) is 5.08. The highest BCUT2D eigenvalue weighted by molar-refractivity contribution is 5.64. The number of hydrogen-bond donors (Lipinski definition) is 0. The molecule has 122 valence electrons. The van der Waals surface area contributed by atoms with E-state index < -0.39 is 0 Å². The highest BCUT2D eigenvalue weighted by Gasteiger charge is 2.51. The molecule has 1 fully saturated rings. The van der Waals surface area contributed by atoms with Crippen molar-refractivity contribution in [3.05, 3.63) is 95.1 Å². The Kier molecular flexibility index (Phi) is 2.82. The van der Waals surface area contributed by atoms with Gasteiger partial charge >= 0.3 is 0 Å². The Balaban J connectivity index is 1.44. The van der Waals surface area contributed by atoms with E-state index in [-0.39, 0.29) is 0 Å². The molecule has 4 aliphatic rings. The van der Waals surface area contributed by atoms with E-state index >= 15 is 0 Å². The number of allylic oxidation sites excluding steroid dienone is 4. The van der Waals surface area contributed by atoms with Gasteiger partial charge in [0.25, 0.3) is 0 Å². The summed E-state index contributed by atoms with van der Waals surface area (Å²) in [5, 5.41) is 0. The largest absolute Gasteiger partial charge is 0.0848 e. The van der Waals surface area contributed by atoms with Gasteiger partial charge in [0.2, 0.25) is 0 Å². The molecule has 0 amide bonds. The van der Waals surface area contributed by atoms with Gasteiger partial charge in [0.05, 0.1) is 0 Å². The average molecular weight is 322 g/mol. The lowest BCUT2D eigenvalue weighted by Crippen LogP contribution is -2.28. The maximum atomic E-state index is 2.52. The molecular weight excluding hydrogens is 300 g/mol. The standard InChI is InChI=1S/C25H22/c1-3-7-20-16(5-1)11-13-22(20)24-18-9-10-19(15-18)25(24)23-14-12-17-6-2-4-8-21(17)23/h1-14,18-19,22-25H,15H2/t18?,19?,22?,23?,24-,25-/m0/s1. The monoisotopic (exact) mass is 322 g/mol.